The molecule has 3 atom stereocenters. The van der Waals surface area contributed by atoms with Gasteiger partial charge in [0.2, 0.25) is 5.91 Å². The quantitative estimate of drug-likeness (QED) is 0.690. The molecule has 0 aromatic rings. The second-order valence-corrected chi connectivity index (χ2v) is 4.43. The Kier molecular flexibility index (Phi) is 4.82. The van der Waals surface area contributed by atoms with Gasteiger partial charge in [-0.1, -0.05) is 13.0 Å². The smallest absolute Gasteiger partial charge is 0.220 e. The molecular weight excluding hydrogens is 188 g/mol. The van der Waals surface area contributed by atoms with E-state index in [0.717, 1.165) is 19.4 Å². The van der Waals surface area contributed by atoms with Crippen molar-refractivity contribution >= 4 is 5.91 Å². The van der Waals surface area contributed by atoms with E-state index in [2.05, 4.69) is 31.1 Å². The molecule has 0 aliphatic carbocycles. The predicted molar refractivity (Wildman–Crippen MR) is 62.6 cm³/mol. The largest absolute Gasteiger partial charge is 0.352 e. The molecule has 86 valence electrons. The summed E-state index contributed by atoms with van der Waals surface area (Å²) in [7, 11) is 0. The predicted octanol–water partition coefficient (Wildman–Crippen LogP) is 1.46. The van der Waals surface area contributed by atoms with Crippen LogP contribution in [-0.4, -0.2) is 24.5 Å². The Hall–Kier alpha value is -0.830. The van der Waals surface area contributed by atoms with E-state index in [0.29, 0.717) is 18.4 Å². The van der Waals surface area contributed by atoms with E-state index in [4.69, 9.17) is 0 Å². The van der Waals surface area contributed by atoms with Crippen molar-refractivity contribution in [1.29, 1.82) is 0 Å². The third-order valence-electron chi connectivity index (χ3n) is 3.12. The Morgan fingerprint density at radius 2 is 2.33 bits per heavy atom. The third-order valence-corrected chi connectivity index (χ3v) is 3.12. The first-order valence-corrected chi connectivity index (χ1v) is 5.78. The molecular formula is C12H22N2O. The van der Waals surface area contributed by atoms with Gasteiger partial charge in [0.1, 0.15) is 0 Å². The third kappa shape index (κ3) is 3.67. The SMILES string of the molecule is C=CCCC(=O)NC1C(C)CCNC1C. The number of rotatable bonds is 4. The zero-order valence-corrected chi connectivity index (χ0v) is 9.75. The highest BCUT2D eigenvalue weighted by atomic mass is 16.1. The molecule has 0 radical (unpaired) electrons. The normalized spacial score (nSPS) is 30.9. The average Bonchev–Trinajstić information content (AvgIpc) is 2.21. The topological polar surface area (TPSA) is 41.1 Å². The molecule has 1 aliphatic rings. The zero-order valence-electron chi connectivity index (χ0n) is 9.75. The fraction of sp³-hybridized carbons (Fsp3) is 0.750. The molecule has 0 spiro atoms. The van der Waals surface area contributed by atoms with Crippen molar-refractivity contribution < 1.29 is 4.79 Å². The molecule has 1 amide bonds. The van der Waals surface area contributed by atoms with Crippen LogP contribution in [0.2, 0.25) is 0 Å². The van der Waals surface area contributed by atoms with Crippen LogP contribution >= 0.6 is 0 Å². The van der Waals surface area contributed by atoms with Crippen LogP contribution in [0.3, 0.4) is 0 Å². The minimum Gasteiger partial charge on any atom is -0.352 e. The summed E-state index contributed by atoms with van der Waals surface area (Å²) in [6.45, 7) is 9.01. The first-order chi connectivity index (χ1) is 7.15. The number of hydrogen-bond donors (Lipinski definition) is 2. The summed E-state index contributed by atoms with van der Waals surface area (Å²) in [6, 6.07) is 0.650. The minimum absolute atomic E-state index is 0.141. The number of piperidine rings is 1. The summed E-state index contributed by atoms with van der Waals surface area (Å²) in [5, 5.41) is 6.49. The van der Waals surface area contributed by atoms with E-state index < -0.39 is 0 Å². The van der Waals surface area contributed by atoms with Gasteiger partial charge in [-0.25, -0.2) is 0 Å². The molecule has 1 fully saturated rings. The molecule has 1 rings (SSSR count). The molecule has 0 saturated carbocycles. The Morgan fingerprint density at radius 1 is 1.60 bits per heavy atom. The van der Waals surface area contributed by atoms with Crippen LogP contribution in [0.4, 0.5) is 0 Å². The Labute approximate surface area is 92.3 Å². The van der Waals surface area contributed by atoms with Crippen molar-refractivity contribution in [3.63, 3.8) is 0 Å². The highest BCUT2D eigenvalue weighted by molar-refractivity contribution is 5.76. The van der Waals surface area contributed by atoms with Crippen LogP contribution < -0.4 is 10.6 Å². The number of nitrogens with one attached hydrogen (secondary N) is 2. The van der Waals surface area contributed by atoms with E-state index >= 15 is 0 Å². The van der Waals surface area contributed by atoms with E-state index in [9.17, 15) is 4.79 Å². The van der Waals surface area contributed by atoms with Crippen molar-refractivity contribution in [3.8, 4) is 0 Å². The Balaban J connectivity index is 2.40. The lowest BCUT2D eigenvalue weighted by Crippen LogP contribution is -2.55. The monoisotopic (exact) mass is 210 g/mol. The van der Waals surface area contributed by atoms with E-state index in [-0.39, 0.29) is 11.9 Å². The highest BCUT2D eigenvalue weighted by Crippen LogP contribution is 2.16. The fourth-order valence-corrected chi connectivity index (χ4v) is 2.10. The van der Waals surface area contributed by atoms with Crippen LogP contribution in [0, 0.1) is 5.92 Å². The van der Waals surface area contributed by atoms with E-state index in [1.165, 1.54) is 0 Å². The second-order valence-electron chi connectivity index (χ2n) is 4.43. The molecule has 2 N–H and O–H groups in total. The summed E-state index contributed by atoms with van der Waals surface area (Å²) in [5.74, 6) is 0.705. The van der Waals surface area contributed by atoms with Crippen LogP contribution in [-0.2, 0) is 4.79 Å². The number of carbonyl (C=O) groups is 1. The number of allylic oxidation sites excluding steroid dienone is 1. The summed E-state index contributed by atoms with van der Waals surface area (Å²) in [5.41, 5.74) is 0. The molecule has 0 aromatic heterocycles. The lowest BCUT2D eigenvalue weighted by atomic mass is 9.89. The van der Waals surface area contributed by atoms with Crippen molar-refractivity contribution in [3.05, 3.63) is 12.7 Å². The van der Waals surface area contributed by atoms with Crippen molar-refractivity contribution in [2.75, 3.05) is 6.54 Å². The lowest BCUT2D eigenvalue weighted by molar-refractivity contribution is -0.122. The van der Waals surface area contributed by atoms with Gasteiger partial charge in [0, 0.05) is 18.5 Å². The molecule has 0 aromatic carbocycles. The molecule has 0 bridgehead atoms. The van der Waals surface area contributed by atoms with Gasteiger partial charge >= 0.3 is 0 Å². The molecule has 3 heteroatoms. The standard InChI is InChI=1S/C12H22N2O/c1-4-5-6-11(15)14-12-9(2)7-8-13-10(12)3/h4,9-10,12-13H,1,5-8H2,2-3H3,(H,14,15). The zero-order chi connectivity index (χ0) is 11.3. The van der Waals surface area contributed by atoms with Crippen LogP contribution in [0.5, 0.6) is 0 Å². The van der Waals surface area contributed by atoms with Crippen LogP contribution in [0.25, 0.3) is 0 Å². The van der Waals surface area contributed by atoms with Gasteiger partial charge in [0.05, 0.1) is 0 Å². The lowest BCUT2D eigenvalue weighted by Gasteiger charge is -2.36. The van der Waals surface area contributed by atoms with E-state index in [1.807, 2.05) is 0 Å². The summed E-state index contributed by atoms with van der Waals surface area (Å²) < 4.78 is 0. The van der Waals surface area contributed by atoms with Gasteiger partial charge in [-0.3, -0.25) is 4.79 Å². The minimum atomic E-state index is 0.141. The number of amides is 1. The highest BCUT2D eigenvalue weighted by Gasteiger charge is 2.28. The maximum absolute atomic E-state index is 11.6. The Morgan fingerprint density at radius 3 is 2.93 bits per heavy atom. The average molecular weight is 210 g/mol. The molecule has 15 heavy (non-hydrogen) atoms. The number of hydrogen-bond acceptors (Lipinski definition) is 2. The molecule has 1 aliphatic heterocycles. The van der Waals surface area contributed by atoms with Crippen molar-refractivity contribution in [1.82, 2.24) is 10.6 Å². The van der Waals surface area contributed by atoms with Gasteiger partial charge in [0.25, 0.3) is 0 Å². The summed E-state index contributed by atoms with van der Waals surface area (Å²) >= 11 is 0. The summed E-state index contributed by atoms with van der Waals surface area (Å²) in [6.07, 6.45) is 4.23. The van der Waals surface area contributed by atoms with Crippen molar-refractivity contribution in [2.45, 2.75) is 45.2 Å². The molecule has 3 nitrogen and oxygen atoms in total. The van der Waals surface area contributed by atoms with Crippen LogP contribution in [0.1, 0.15) is 33.1 Å². The summed E-state index contributed by atoms with van der Waals surface area (Å²) in [4.78, 5) is 11.6. The number of carbonyl (C=O) groups excluding carboxylic acids is 1. The molecule has 1 saturated heterocycles. The maximum Gasteiger partial charge on any atom is 0.220 e. The van der Waals surface area contributed by atoms with Gasteiger partial charge in [0.15, 0.2) is 0 Å². The van der Waals surface area contributed by atoms with Crippen molar-refractivity contribution in [2.24, 2.45) is 5.92 Å². The first kappa shape index (κ1) is 12.2. The molecule has 1 heterocycles. The first-order valence-electron chi connectivity index (χ1n) is 5.78. The van der Waals surface area contributed by atoms with Gasteiger partial charge < -0.3 is 10.6 Å². The van der Waals surface area contributed by atoms with Crippen LogP contribution in [0.15, 0.2) is 12.7 Å². The second kappa shape index (κ2) is 5.91. The maximum atomic E-state index is 11.6. The van der Waals surface area contributed by atoms with E-state index in [1.54, 1.807) is 6.08 Å². The molecule has 3 unspecified atom stereocenters. The van der Waals surface area contributed by atoms with Gasteiger partial charge in [-0.05, 0) is 32.2 Å². The Bertz CT molecular complexity index is 218. The van der Waals surface area contributed by atoms with Gasteiger partial charge in [-0.2, -0.15) is 0 Å². The fourth-order valence-electron chi connectivity index (χ4n) is 2.10. The van der Waals surface area contributed by atoms with Gasteiger partial charge in [-0.15, -0.1) is 6.58 Å².